The highest BCUT2D eigenvalue weighted by atomic mass is 79.9. The number of phenolic OH excluding ortho intramolecular Hbond substituents is 1. The van der Waals surface area contributed by atoms with Gasteiger partial charge in [0.05, 0.1) is 36.2 Å². The normalized spacial score (nSPS) is 25.3. The molecule has 2 amide bonds. The Bertz CT molecular complexity index is 1620. The number of Topliss-reactive ketones (excluding diaryl/α,β-unsaturated/α-hetero) is 1. The van der Waals surface area contributed by atoms with Crippen LogP contribution in [0.25, 0.3) is 6.08 Å². The number of carbonyl (C=O) groups excluding carboxylic acids is 4. The van der Waals surface area contributed by atoms with Crippen LogP contribution in [-0.2, 0) is 19.2 Å². The molecule has 0 radical (unpaired) electrons. The zero-order valence-corrected chi connectivity index (χ0v) is 23.9. The van der Waals surface area contributed by atoms with E-state index < -0.39 is 23.7 Å². The first-order valence-corrected chi connectivity index (χ1v) is 13.9. The van der Waals surface area contributed by atoms with Gasteiger partial charge in [-0.15, -0.1) is 0 Å². The Labute approximate surface area is 244 Å². The van der Waals surface area contributed by atoms with E-state index in [-0.39, 0.29) is 51.5 Å². The van der Waals surface area contributed by atoms with Crippen LogP contribution < -0.4 is 14.4 Å². The molecule has 0 aromatic heterocycles. The average Bonchev–Trinajstić information content (AvgIpc) is 3.24. The monoisotopic (exact) mass is 615 g/mol. The number of anilines is 1. The van der Waals surface area contributed by atoms with E-state index in [0.717, 1.165) is 11.1 Å². The van der Waals surface area contributed by atoms with Gasteiger partial charge in [-0.25, -0.2) is 0 Å². The second-order valence-electron chi connectivity index (χ2n) is 10.5. The first-order chi connectivity index (χ1) is 19.7. The van der Waals surface area contributed by atoms with Crippen molar-refractivity contribution in [1.82, 2.24) is 0 Å². The fourth-order valence-corrected chi connectivity index (χ4v) is 7.13. The topological polar surface area (TPSA) is 110 Å². The number of benzene rings is 2. The quantitative estimate of drug-likeness (QED) is 0.286. The van der Waals surface area contributed by atoms with Crippen molar-refractivity contribution in [2.45, 2.75) is 18.8 Å². The van der Waals surface area contributed by atoms with Crippen molar-refractivity contribution in [2.24, 2.45) is 17.8 Å². The lowest BCUT2D eigenvalue weighted by molar-refractivity contribution is -0.123. The van der Waals surface area contributed by atoms with Gasteiger partial charge in [0, 0.05) is 23.1 Å². The molecule has 8 nitrogen and oxygen atoms in total. The fraction of sp³-hybridized carbons (Fsp3) is 0.250. The number of nitrogens with zero attached hydrogens (tertiary/aromatic N) is 1. The minimum absolute atomic E-state index is 0.144. The summed E-state index contributed by atoms with van der Waals surface area (Å²) in [4.78, 5) is 55.8. The molecule has 1 heterocycles. The van der Waals surface area contributed by atoms with Crippen LogP contribution in [0.1, 0.15) is 29.9 Å². The van der Waals surface area contributed by atoms with E-state index in [1.165, 1.54) is 25.2 Å². The molecule has 9 heteroatoms. The molecule has 41 heavy (non-hydrogen) atoms. The van der Waals surface area contributed by atoms with Gasteiger partial charge in [0.1, 0.15) is 0 Å². The Morgan fingerprint density at radius 3 is 2.27 bits per heavy atom. The molecular weight excluding hydrogens is 590 g/mol. The number of methoxy groups -OCH3 is 2. The number of carbonyl (C=O) groups is 4. The van der Waals surface area contributed by atoms with Gasteiger partial charge in [-0.2, -0.15) is 0 Å². The maximum absolute atomic E-state index is 14.0. The van der Waals surface area contributed by atoms with E-state index in [0.29, 0.717) is 28.8 Å². The van der Waals surface area contributed by atoms with Gasteiger partial charge >= 0.3 is 0 Å². The Hall–Kier alpha value is -4.24. The Morgan fingerprint density at radius 2 is 1.66 bits per heavy atom. The van der Waals surface area contributed by atoms with Crippen molar-refractivity contribution >= 4 is 51.1 Å². The Kier molecular flexibility index (Phi) is 6.57. The van der Waals surface area contributed by atoms with Crippen LogP contribution in [0.5, 0.6) is 17.2 Å². The molecule has 6 rings (SSSR count). The number of ketones is 2. The maximum Gasteiger partial charge on any atom is 0.238 e. The first kappa shape index (κ1) is 27.0. The molecule has 1 N–H and O–H groups in total. The van der Waals surface area contributed by atoms with Gasteiger partial charge in [-0.3, -0.25) is 24.1 Å². The summed E-state index contributed by atoms with van der Waals surface area (Å²) >= 11 is 3.24. The smallest absolute Gasteiger partial charge is 0.238 e. The number of aromatic hydroxyl groups is 1. The summed E-state index contributed by atoms with van der Waals surface area (Å²) < 4.78 is 10.9. The molecule has 208 valence electrons. The van der Waals surface area contributed by atoms with Crippen molar-refractivity contribution in [2.75, 3.05) is 19.1 Å². The largest absolute Gasteiger partial charge is 0.502 e. The number of ether oxygens (including phenoxy) is 2. The van der Waals surface area contributed by atoms with Gasteiger partial charge in [-0.1, -0.05) is 36.4 Å². The lowest BCUT2D eigenvalue weighted by atomic mass is 9.59. The Balaban J connectivity index is 1.50. The number of hydrogen-bond acceptors (Lipinski definition) is 7. The summed E-state index contributed by atoms with van der Waals surface area (Å²) in [5.74, 6) is -3.64. The lowest BCUT2D eigenvalue weighted by Gasteiger charge is -2.42. The fourth-order valence-electron chi connectivity index (χ4n) is 6.68. The number of amides is 2. The van der Waals surface area contributed by atoms with Gasteiger partial charge < -0.3 is 14.6 Å². The van der Waals surface area contributed by atoms with Crippen LogP contribution in [0, 0.1) is 17.8 Å². The highest BCUT2D eigenvalue weighted by Gasteiger charge is 2.56. The number of rotatable bonds is 5. The molecule has 2 aromatic carbocycles. The average molecular weight is 616 g/mol. The van der Waals surface area contributed by atoms with Crippen molar-refractivity contribution in [3.63, 3.8) is 0 Å². The van der Waals surface area contributed by atoms with E-state index in [1.807, 2.05) is 6.08 Å². The molecule has 0 unspecified atom stereocenters. The highest BCUT2D eigenvalue weighted by molar-refractivity contribution is 9.12. The maximum atomic E-state index is 14.0. The Morgan fingerprint density at radius 1 is 1.00 bits per heavy atom. The van der Waals surface area contributed by atoms with Crippen molar-refractivity contribution in [3.8, 4) is 17.2 Å². The van der Waals surface area contributed by atoms with E-state index in [9.17, 15) is 24.3 Å². The summed E-state index contributed by atoms with van der Waals surface area (Å²) in [5.41, 5.74) is 3.34. The minimum Gasteiger partial charge on any atom is -0.502 e. The summed E-state index contributed by atoms with van der Waals surface area (Å²) in [6.07, 6.45) is 5.36. The van der Waals surface area contributed by atoms with E-state index in [4.69, 9.17) is 9.47 Å². The molecule has 1 aliphatic heterocycles. The lowest BCUT2D eigenvalue weighted by Crippen LogP contribution is -2.39. The number of hydrogen-bond donors (Lipinski definition) is 1. The molecule has 3 aliphatic carbocycles. The molecule has 4 aliphatic rings. The summed E-state index contributed by atoms with van der Waals surface area (Å²) in [6, 6.07) is 10.3. The van der Waals surface area contributed by atoms with E-state index in [1.54, 1.807) is 42.5 Å². The zero-order valence-electron chi connectivity index (χ0n) is 22.3. The number of fused-ring (bicyclic) bond motifs is 3. The van der Waals surface area contributed by atoms with E-state index >= 15 is 0 Å². The van der Waals surface area contributed by atoms with E-state index in [2.05, 4.69) is 22.5 Å². The van der Waals surface area contributed by atoms with Crippen molar-refractivity contribution in [1.29, 1.82) is 0 Å². The van der Waals surface area contributed by atoms with Crippen LogP contribution >= 0.6 is 15.9 Å². The van der Waals surface area contributed by atoms with Crippen LogP contribution in [0.15, 0.2) is 76.3 Å². The third-order valence-corrected chi connectivity index (χ3v) is 9.14. The summed E-state index contributed by atoms with van der Waals surface area (Å²) in [5, 5.41) is 10.6. The van der Waals surface area contributed by atoms with Crippen molar-refractivity contribution < 1.29 is 33.8 Å². The molecule has 2 aromatic rings. The predicted octanol–water partition coefficient (Wildman–Crippen LogP) is 5.02. The SMILES string of the molecule is C=Cc1ccc(N2C(=O)[C@H]3[C@H](CC=C4[C@H](c5cc(OC)c(O)c(OC)c5)C5=C(C[C@H]43)C(=O)C(Br)=CC5=O)C2=O)cc1. The van der Waals surface area contributed by atoms with Crippen LogP contribution in [-0.4, -0.2) is 42.7 Å². The van der Waals surface area contributed by atoms with Crippen LogP contribution in [0.3, 0.4) is 0 Å². The minimum atomic E-state index is -0.703. The molecule has 0 bridgehead atoms. The number of allylic oxidation sites excluding steroid dienone is 6. The molecule has 4 atom stereocenters. The van der Waals surface area contributed by atoms with Gasteiger partial charge in [0.2, 0.25) is 17.6 Å². The van der Waals surface area contributed by atoms with Crippen LogP contribution in [0.4, 0.5) is 5.69 Å². The third-order valence-electron chi connectivity index (χ3n) is 8.55. The second kappa shape index (κ2) is 9.99. The molecular formula is C32H26BrNO7. The standard InChI is InChI=1S/C32H26BrNO7/c1-4-15-5-7-17(8-6-15)34-31(38)19-10-9-18-20(27(19)32(34)39)13-21-28(23(35)14-22(33)29(21)36)26(18)16-11-24(40-2)30(37)25(12-16)41-3/h4-9,11-12,14,19-20,26-27,37H,1,10,13H2,2-3H3/t19-,20+,26-,27-/m0/s1. The predicted molar refractivity (Wildman–Crippen MR) is 155 cm³/mol. The van der Waals surface area contributed by atoms with Gasteiger partial charge in [-0.05, 0) is 70.1 Å². The van der Waals surface area contributed by atoms with Crippen molar-refractivity contribution in [3.05, 3.63) is 87.5 Å². The second-order valence-corrected chi connectivity index (χ2v) is 11.3. The number of phenols is 1. The molecule has 1 fully saturated rings. The number of imide groups is 1. The highest BCUT2D eigenvalue weighted by Crippen LogP contribution is 2.56. The molecule has 0 saturated carbocycles. The molecule has 0 spiro atoms. The zero-order chi connectivity index (χ0) is 29.2. The van der Waals surface area contributed by atoms with Crippen LogP contribution in [0.2, 0.25) is 0 Å². The molecule has 1 saturated heterocycles. The van der Waals surface area contributed by atoms with Gasteiger partial charge in [0.25, 0.3) is 0 Å². The number of halogens is 1. The van der Waals surface area contributed by atoms with Gasteiger partial charge in [0.15, 0.2) is 23.1 Å². The first-order valence-electron chi connectivity index (χ1n) is 13.1. The summed E-state index contributed by atoms with van der Waals surface area (Å²) in [6.45, 7) is 3.75. The third kappa shape index (κ3) is 4.01. The summed E-state index contributed by atoms with van der Waals surface area (Å²) in [7, 11) is 2.82.